The highest BCUT2D eigenvalue weighted by Gasteiger charge is 2.15. The Morgan fingerprint density at radius 1 is 1.18 bits per heavy atom. The minimum absolute atomic E-state index is 0.107. The molecule has 3 rings (SSSR count). The summed E-state index contributed by atoms with van der Waals surface area (Å²) in [7, 11) is 0. The van der Waals surface area contributed by atoms with Crippen LogP contribution in [0.4, 0.5) is 8.78 Å². The summed E-state index contributed by atoms with van der Waals surface area (Å²) < 4.78 is 31.6. The molecule has 6 heteroatoms. The fourth-order valence-electron chi connectivity index (χ4n) is 1.72. The molecule has 0 aliphatic rings. The van der Waals surface area contributed by atoms with Gasteiger partial charge in [0, 0.05) is 18.4 Å². The van der Waals surface area contributed by atoms with Crippen LogP contribution in [0, 0.1) is 18.6 Å². The number of aromatic nitrogens is 2. The quantitative estimate of drug-likeness (QED) is 0.575. The van der Waals surface area contributed by atoms with Crippen molar-refractivity contribution in [1.82, 2.24) is 9.97 Å². The van der Waals surface area contributed by atoms with Crippen molar-refractivity contribution in [2.24, 2.45) is 0 Å². The molecule has 2 aromatic heterocycles. The number of benzene rings is 1. The van der Waals surface area contributed by atoms with Gasteiger partial charge in [-0.25, -0.2) is 18.7 Å². The number of oxazole rings is 1. The molecule has 0 N–H and O–H groups in total. The van der Waals surface area contributed by atoms with Crippen molar-refractivity contribution in [2.75, 3.05) is 0 Å². The smallest absolute Gasteiger partial charge is 0.192 e. The first-order chi connectivity index (χ1) is 8.06. The van der Waals surface area contributed by atoms with Crippen molar-refractivity contribution in [3.05, 3.63) is 34.8 Å². The van der Waals surface area contributed by atoms with Gasteiger partial charge in [0.15, 0.2) is 28.3 Å². The van der Waals surface area contributed by atoms with E-state index < -0.39 is 11.6 Å². The Hall–Kier alpha value is -1.75. The Bertz CT molecular complexity index is 754. The number of pyridine rings is 1. The third kappa shape index (κ3) is 1.46. The second-order valence-corrected chi connectivity index (χ2v) is 3.95. The second kappa shape index (κ2) is 3.37. The van der Waals surface area contributed by atoms with Gasteiger partial charge in [-0.05, 0) is 6.07 Å². The molecule has 0 spiro atoms. The zero-order chi connectivity index (χ0) is 12.2. The molecule has 0 radical (unpaired) electrons. The monoisotopic (exact) mass is 254 g/mol. The minimum Gasteiger partial charge on any atom is -0.440 e. The van der Waals surface area contributed by atoms with Gasteiger partial charge in [0.25, 0.3) is 0 Å². The summed E-state index contributed by atoms with van der Waals surface area (Å²) in [6, 6.07) is 2.01. The van der Waals surface area contributed by atoms with E-state index in [1.54, 1.807) is 6.92 Å². The van der Waals surface area contributed by atoms with Crippen LogP contribution in [0.15, 0.2) is 16.5 Å². The standard InChI is InChI=1S/C11H5ClF2N2O/c1-4-15-9-10(17-4)5-2-6(13)7(14)3-8(5)16-11(9)12/h2-3H,1H3. The third-order valence-electron chi connectivity index (χ3n) is 2.43. The normalized spacial score (nSPS) is 11.5. The van der Waals surface area contributed by atoms with Gasteiger partial charge in [-0.1, -0.05) is 11.6 Å². The molecule has 0 aliphatic heterocycles. The molecule has 2 heterocycles. The van der Waals surface area contributed by atoms with Crippen molar-refractivity contribution in [3.63, 3.8) is 0 Å². The Labute approximate surface area is 99.0 Å². The van der Waals surface area contributed by atoms with Gasteiger partial charge in [0.2, 0.25) is 0 Å². The van der Waals surface area contributed by atoms with Gasteiger partial charge < -0.3 is 4.42 Å². The number of hydrogen-bond donors (Lipinski definition) is 0. The van der Waals surface area contributed by atoms with Crippen LogP contribution in [-0.2, 0) is 0 Å². The highest BCUT2D eigenvalue weighted by molar-refractivity contribution is 6.34. The van der Waals surface area contributed by atoms with Crippen molar-refractivity contribution in [2.45, 2.75) is 6.92 Å². The van der Waals surface area contributed by atoms with Crippen LogP contribution < -0.4 is 0 Å². The molecule has 3 nitrogen and oxygen atoms in total. The first kappa shape index (κ1) is 10.4. The lowest BCUT2D eigenvalue weighted by Crippen LogP contribution is -1.88. The fraction of sp³-hybridized carbons (Fsp3) is 0.0909. The van der Waals surface area contributed by atoms with Gasteiger partial charge >= 0.3 is 0 Å². The maximum absolute atomic E-state index is 13.2. The van der Waals surface area contributed by atoms with E-state index in [0.717, 1.165) is 12.1 Å². The summed E-state index contributed by atoms with van der Waals surface area (Å²) in [4.78, 5) is 7.99. The Morgan fingerprint density at radius 2 is 1.88 bits per heavy atom. The predicted molar refractivity (Wildman–Crippen MR) is 59.0 cm³/mol. The molecule has 0 aliphatic carbocycles. The van der Waals surface area contributed by atoms with Gasteiger partial charge in [-0.3, -0.25) is 0 Å². The Kier molecular flexibility index (Phi) is 2.06. The molecular formula is C11H5ClF2N2O. The molecule has 0 atom stereocenters. The molecule has 0 bridgehead atoms. The zero-order valence-electron chi connectivity index (χ0n) is 8.59. The van der Waals surface area contributed by atoms with Crippen LogP contribution in [0.1, 0.15) is 5.89 Å². The lowest BCUT2D eigenvalue weighted by molar-refractivity contribution is 0.510. The second-order valence-electron chi connectivity index (χ2n) is 3.60. The summed E-state index contributed by atoms with van der Waals surface area (Å²) >= 11 is 5.89. The van der Waals surface area contributed by atoms with E-state index in [9.17, 15) is 8.78 Å². The fourth-order valence-corrected chi connectivity index (χ4v) is 1.94. The van der Waals surface area contributed by atoms with E-state index in [-0.39, 0.29) is 10.7 Å². The minimum atomic E-state index is -0.975. The van der Waals surface area contributed by atoms with Gasteiger partial charge in [0.05, 0.1) is 5.52 Å². The van der Waals surface area contributed by atoms with Crippen molar-refractivity contribution in [3.8, 4) is 0 Å². The van der Waals surface area contributed by atoms with Crippen LogP contribution in [0.25, 0.3) is 22.0 Å². The maximum atomic E-state index is 13.2. The van der Waals surface area contributed by atoms with E-state index in [0.29, 0.717) is 22.4 Å². The van der Waals surface area contributed by atoms with Crippen molar-refractivity contribution >= 4 is 33.6 Å². The lowest BCUT2D eigenvalue weighted by atomic mass is 10.2. The molecule has 1 aromatic carbocycles. The maximum Gasteiger partial charge on any atom is 0.192 e. The van der Waals surface area contributed by atoms with Gasteiger partial charge in [-0.2, -0.15) is 0 Å². The molecule has 0 fully saturated rings. The average molecular weight is 255 g/mol. The highest BCUT2D eigenvalue weighted by atomic mass is 35.5. The molecule has 86 valence electrons. The molecule has 17 heavy (non-hydrogen) atoms. The van der Waals surface area contributed by atoms with Crippen molar-refractivity contribution < 1.29 is 13.2 Å². The number of fused-ring (bicyclic) bond motifs is 3. The summed E-state index contributed by atoms with van der Waals surface area (Å²) in [5.74, 6) is -1.55. The van der Waals surface area contributed by atoms with Crippen LogP contribution >= 0.6 is 11.6 Å². The number of halogens is 3. The predicted octanol–water partition coefficient (Wildman–Crippen LogP) is 3.62. The number of nitrogens with zero attached hydrogens (tertiary/aromatic N) is 2. The molecule has 0 unspecified atom stereocenters. The van der Waals surface area contributed by atoms with Gasteiger partial charge in [-0.15, -0.1) is 0 Å². The zero-order valence-corrected chi connectivity index (χ0v) is 9.35. The first-order valence-electron chi connectivity index (χ1n) is 4.77. The largest absolute Gasteiger partial charge is 0.440 e. The molecule has 0 amide bonds. The summed E-state index contributed by atoms with van der Waals surface area (Å²) in [5, 5.41) is 0.458. The topological polar surface area (TPSA) is 38.9 Å². The lowest BCUT2D eigenvalue weighted by Gasteiger charge is -2.00. The van der Waals surface area contributed by atoms with E-state index in [1.807, 2.05) is 0 Å². The van der Waals surface area contributed by atoms with Crippen LogP contribution in [0.2, 0.25) is 5.15 Å². The summed E-state index contributed by atoms with van der Waals surface area (Å²) in [6.45, 7) is 1.64. The SMILES string of the molecule is Cc1nc2c(Cl)nc3cc(F)c(F)cc3c2o1. The molecule has 0 saturated heterocycles. The number of aryl methyl sites for hydroxylation is 1. The number of hydrogen-bond acceptors (Lipinski definition) is 3. The number of rotatable bonds is 0. The van der Waals surface area contributed by atoms with Crippen molar-refractivity contribution in [1.29, 1.82) is 0 Å². The Balaban J connectivity index is 2.58. The van der Waals surface area contributed by atoms with E-state index >= 15 is 0 Å². The molecule has 3 aromatic rings. The molecular weight excluding hydrogens is 250 g/mol. The van der Waals surface area contributed by atoms with Gasteiger partial charge in [0.1, 0.15) is 5.52 Å². The van der Waals surface area contributed by atoms with Crippen LogP contribution in [-0.4, -0.2) is 9.97 Å². The Morgan fingerprint density at radius 3 is 2.65 bits per heavy atom. The van der Waals surface area contributed by atoms with Crippen LogP contribution in [0.3, 0.4) is 0 Å². The highest BCUT2D eigenvalue weighted by Crippen LogP contribution is 2.30. The first-order valence-corrected chi connectivity index (χ1v) is 5.15. The summed E-state index contributed by atoms with van der Waals surface area (Å²) in [6.07, 6.45) is 0. The average Bonchev–Trinajstić information content (AvgIpc) is 2.64. The summed E-state index contributed by atoms with van der Waals surface area (Å²) in [5.41, 5.74) is 0.900. The third-order valence-corrected chi connectivity index (χ3v) is 2.69. The van der Waals surface area contributed by atoms with E-state index in [4.69, 9.17) is 16.0 Å². The van der Waals surface area contributed by atoms with E-state index in [2.05, 4.69) is 9.97 Å². The molecule has 0 saturated carbocycles. The van der Waals surface area contributed by atoms with Crippen LogP contribution in [0.5, 0.6) is 0 Å². The van der Waals surface area contributed by atoms with E-state index in [1.165, 1.54) is 0 Å².